The van der Waals surface area contributed by atoms with Crippen molar-refractivity contribution in [1.29, 1.82) is 0 Å². The van der Waals surface area contributed by atoms with Gasteiger partial charge in [0.15, 0.2) is 5.13 Å². The Morgan fingerprint density at radius 1 is 1.39 bits per heavy atom. The van der Waals surface area contributed by atoms with Crippen LogP contribution in [0.4, 0.5) is 5.13 Å². The molecule has 0 bridgehead atoms. The fraction of sp³-hybridized carbons (Fsp3) is 0.188. The number of amides is 2. The van der Waals surface area contributed by atoms with Gasteiger partial charge in [0, 0.05) is 28.4 Å². The van der Waals surface area contributed by atoms with Crippen molar-refractivity contribution in [3.63, 3.8) is 0 Å². The predicted octanol–water partition coefficient (Wildman–Crippen LogP) is 0.207. The van der Waals surface area contributed by atoms with E-state index in [1.807, 2.05) is 0 Å². The molecule has 1 saturated heterocycles. The van der Waals surface area contributed by atoms with Gasteiger partial charge < -0.3 is 21.4 Å². The number of nitrogens with two attached hydrogens (primary N) is 1. The van der Waals surface area contributed by atoms with Crippen molar-refractivity contribution < 1.29 is 24.7 Å². The number of nitrogens with one attached hydrogen (secondary N) is 1. The fourth-order valence-electron chi connectivity index (χ4n) is 2.99. The summed E-state index contributed by atoms with van der Waals surface area (Å²) in [6.07, 6.45) is 5.03. The van der Waals surface area contributed by atoms with Gasteiger partial charge in [-0.05, 0) is 11.6 Å². The van der Waals surface area contributed by atoms with Crippen molar-refractivity contribution >= 4 is 69.3 Å². The third-order valence-corrected chi connectivity index (χ3v) is 6.94. The number of nitrogens with zero attached hydrogens (tertiary/aromatic N) is 5. The Morgan fingerprint density at radius 2 is 2.19 bits per heavy atom. The molecule has 31 heavy (non-hydrogen) atoms. The monoisotopic (exact) mass is 479 g/mol. The summed E-state index contributed by atoms with van der Waals surface area (Å²) in [7, 11) is 0. The number of β-lactam (4-membered cyclic amide) rings is 1. The van der Waals surface area contributed by atoms with Crippen molar-refractivity contribution in [3.05, 3.63) is 39.8 Å². The first-order valence-electron chi connectivity index (χ1n) is 8.51. The summed E-state index contributed by atoms with van der Waals surface area (Å²) < 4.78 is 3.80. The van der Waals surface area contributed by atoms with Gasteiger partial charge in [-0.2, -0.15) is 9.36 Å². The number of allylic oxidation sites excluding steroid dienone is 1. The van der Waals surface area contributed by atoms with Gasteiger partial charge in [-0.1, -0.05) is 11.2 Å². The van der Waals surface area contributed by atoms with E-state index in [-0.39, 0.29) is 16.7 Å². The third kappa shape index (κ3) is 3.89. The van der Waals surface area contributed by atoms with Gasteiger partial charge in [0.1, 0.15) is 17.1 Å². The molecule has 0 saturated carbocycles. The average Bonchev–Trinajstić information content (AvgIpc) is 3.42. The van der Waals surface area contributed by atoms with Crippen LogP contribution in [0.2, 0.25) is 0 Å². The summed E-state index contributed by atoms with van der Waals surface area (Å²) in [6, 6.07) is -0.994. The first-order valence-corrected chi connectivity index (χ1v) is 11.2. The van der Waals surface area contributed by atoms with Gasteiger partial charge in [0.2, 0.25) is 11.5 Å². The van der Waals surface area contributed by atoms with Crippen LogP contribution in [0.25, 0.3) is 6.08 Å². The second kappa shape index (κ2) is 8.44. The molecule has 2 aromatic rings. The van der Waals surface area contributed by atoms with E-state index >= 15 is 0 Å². The smallest absolute Gasteiger partial charge is 0.352 e. The Hall–Kier alpha value is -3.30. The quantitative estimate of drug-likeness (QED) is 0.193. The summed E-state index contributed by atoms with van der Waals surface area (Å²) in [6.45, 7) is 0. The molecule has 2 aromatic heterocycles. The minimum Gasteiger partial charge on any atom is -0.477 e. The van der Waals surface area contributed by atoms with Crippen LogP contribution in [0, 0.1) is 0 Å². The Bertz CT molecular complexity index is 1140. The zero-order chi connectivity index (χ0) is 22.1. The molecule has 1 unspecified atom stereocenters. The lowest BCUT2D eigenvalue weighted by atomic mass is 10.0. The van der Waals surface area contributed by atoms with Gasteiger partial charge in [0.05, 0.1) is 5.51 Å². The van der Waals surface area contributed by atoms with E-state index in [0.29, 0.717) is 11.3 Å². The van der Waals surface area contributed by atoms with E-state index in [1.165, 1.54) is 23.1 Å². The molecule has 2 atom stereocenters. The lowest BCUT2D eigenvalue weighted by Gasteiger charge is -2.49. The number of oxime groups is 1. The highest BCUT2D eigenvalue weighted by atomic mass is 32.2. The molecule has 0 spiro atoms. The maximum atomic E-state index is 12.7. The van der Waals surface area contributed by atoms with Crippen molar-refractivity contribution in [2.24, 2.45) is 5.16 Å². The number of thioether (sulfide) groups is 1. The molecule has 2 aliphatic heterocycles. The predicted molar refractivity (Wildman–Crippen MR) is 113 cm³/mol. The molecule has 4 heterocycles. The summed E-state index contributed by atoms with van der Waals surface area (Å²) in [5, 5.41) is 23.7. The number of hydrogen-bond donors (Lipinski definition) is 4. The molecule has 0 aliphatic carbocycles. The van der Waals surface area contributed by atoms with Crippen molar-refractivity contribution in [1.82, 2.24) is 24.6 Å². The number of thiazole rings is 1. The van der Waals surface area contributed by atoms with Gasteiger partial charge in [0.25, 0.3) is 11.8 Å². The molecular formula is C16H13N7O5S3. The van der Waals surface area contributed by atoms with Crippen LogP contribution in [0.1, 0.15) is 10.7 Å². The average molecular weight is 480 g/mol. The number of fused-ring (bicyclic) bond motifs is 1. The normalized spacial score (nSPS) is 21.2. The Kier molecular flexibility index (Phi) is 5.71. The van der Waals surface area contributed by atoms with Crippen LogP contribution < -0.4 is 11.1 Å². The Morgan fingerprint density at radius 3 is 2.81 bits per heavy atom. The fourth-order valence-corrected chi connectivity index (χ4v) is 5.26. The lowest BCUT2D eigenvalue weighted by molar-refractivity contribution is -0.150. The number of carbonyl (C=O) groups is 3. The highest BCUT2D eigenvalue weighted by Crippen LogP contribution is 2.40. The molecule has 15 heteroatoms. The zero-order valence-corrected chi connectivity index (χ0v) is 17.8. The molecule has 0 aromatic carbocycles. The van der Waals surface area contributed by atoms with Crippen LogP contribution >= 0.6 is 34.6 Å². The molecule has 12 nitrogen and oxygen atoms in total. The maximum Gasteiger partial charge on any atom is 0.352 e. The van der Waals surface area contributed by atoms with E-state index in [1.54, 1.807) is 23.9 Å². The summed E-state index contributed by atoms with van der Waals surface area (Å²) in [4.78, 5) is 46.8. The SMILES string of the molecule is Nc1nc(/C(=N\O)C(=O)NC2C(=O)N3C(C(=O)O)=C(/C=C/c4cncs4)CS[C@H]23)ns1. The second-order valence-electron chi connectivity index (χ2n) is 6.18. The topological polar surface area (TPSA) is 184 Å². The maximum absolute atomic E-state index is 12.7. The zero-order valence-electron chi connectivity index (χ0n) is 15.3. The van der Waals surface area contributed by atoms with E-state index in [4.69, 9.17) is 10.9 Å². The third-order valence-electron chi connectivity index (χ3n) is 4.36. The van der Waals surface area contributed by atoms with Crippen LogP contribution in [0.3, 0.4) is 0 Å². The molecule has 1 fully saturated rings. The van der Waals surface area contributed by atoms with E-state index in [9.17, 15) is 19.5 Å². The van der Waals surface area contributed by atoms with E-state index in [2.05, 4.69) is 24.8 Å². The largest absolute Gasteiger partial charge is 0.477 e. The lowest BCUT2D eigenvalue weighted by Crippen LogP contribution is -2.71. The van der Waals surface area contributed by atoms with Crippen LogP contribution in [0.15, 0.2) is 34.2 Å². The molecule has 0 radical (unpaired) electrons. The van der Waals surface area contributed by atoms with Crippen molar-refractivity contribution in [2.45, 2.75) is 11.4 Å². The standard InChI is InChI=1S/C16H13N7O5S3/c17-16-20-11(22-31-16)8(21-28)12(24)19-9-13(25)23-10(15(26)27)6(4-29-14(9)23)1-2-7-3-18-5-30-7/h1-3,5,9,14,28H,4H2,(H,19,24)(H,26,27)(H2,17,20,22)/b2-1+,21-8+/t9?,14-/m1/s1. The van der Waals surface area contributed by atoms with Crippen molar-refractivity contribution in [2.75, 3.05) is 11.5 Å². The minimum atomic E-state index is -1.24. The molecule has 2 aliphatic rings. The van der Waals surface area contributed by atoms with Gasteiger partial charge in [-0.3, -0.25) is 19.5 Å². The highest BCUT2D eigenvalue weighted by Gasteiger charge is 2.54. The second-order valence-corrected chi connectivity index (χ2v) is 8.99. The van der Waals surface area contributed by atoms with Crippen LogP contribution in [0.5, 0.6) is 0 Å². The number of anilines is 1. The molecule has 5 N–H and O–H groups in total. The van der Waals surface area contributed by atoms with Gasteiger partial charge in [-0.25, -0.2) is 4.79 Å². The number of aromatic nitrogens is 3. The summed E-state index contributed by atoms with van der Waals surface area (Å²) in [5.41, 5.74) is 6.97. The van der Waals surface area contributed by atoms with Crippen LogP contribution in [-0.2, 0) is 14.4 Å². The number of carboxylic acids is 1. The number of rotatable bonds is 6. The Balaban J connectivity index is 1.52. The molecule has 2 amide bonds. The number of aliphatic carboxylic acids is 1. The van der Waals surface area contributed by atoms with Crippen LogP contribution in [-0.4, -0.2) is 70.2 Å². The Labute approximate surface area is 186 Å². The van der Waals surface area contributed by atoms with E-state index in [0.717, 1.165) is 21.3 Å². The first kappa shape index (κ1) is 21.0. The van der Waals surface area contributed by atoms with Crippen molar-refractivity contribution in [3.8, 4) is 0 Å². The number of carboxylic acid groups (broad SMARTS) is 1. The van der Waals surface area contributed by atoms with Gasteiger partial charge >= 0.3 is 5.97 Å². The minimum absolute atomic E-state index is 0.0767. The highest BCUT2D eigenvalue weighted by molar-refractivity contribution is 8.00. The number of carbonyl (C=O) groups excluding carboxylic acids is 2. The number of nitrogen functional groups attached to an aromatic ring is 1. The van der Waals surface area contributed by atoms with E-state index < -0.39 is 34.9 Å². The summed E-state index contributed by atoms with van der Waals surface area (Å²) in [5.74, 6) is -2.57. The summed E-state index contributed by atoms with van der Waals surface area (Å²) >= 11 is 3.52. The molecule has 4 rings (SSSR count). The van der Waals surface area contributed by atoms with Gasteiger partial charge in [-0.15, -0.1) is 23.1 Å². The molecule has 160 valence electrons. The first-order chi connectivity index (χ1) is 14.9. The number of hydrogen-bond acceptors (Lipinski definition) is 12. The molecular weight excluding hydrogens is 466 g/mol.